The van der Waals surface area contributed by atoms with Crippen LogP contribution in [0.15, 0.2) is 18.2 Å². The zero-order valence-electron chi connectivity index (χ0n) is 14.0. The van der Waals surface area contributed by atoms with Crippen molar-refractivity contribution < 1.29 is 17.9 Å². The van der Waals surface area contributed by atoms with Crippen LogP contribution in [-0.4, -0.2) is 37.2 Å². The van der Waals surface area contributed by atoms with Crippen molar-refractivity contribution in [2.45, 2.75) is 45.9 Å². The molecule has 1 aromatic rings. The first-order chi connectivity index (χ1) is 10.5. The van der Waals surface area contributed by atoms with Gasteiger partial charge in [0.25, 0.3) is 0 Å². The Bertz CT molecular complexity index is 693. The van der Waals surface area contributed by atoms with Gasteiger partial charge in [-0.3, -0.25) is 0 Å². The molecule has 6 nitrogen and oxygen atoms in total. The molecule has 0 unspecified atom stereocenters. The molecule has 0 saturated carbocycles. The van der Waals surface area contributed by atoms with Crippen LogP contribution in [0.2, 0.25) is 0 Å². The summed E-state index contributed by atoms with van der Waals surface area (Å²) in [4.78, 5) is 11.7. The van der Waals surface area contributed by atoms with Crippen LogP contribution in [0.1, 0.15) is 37.5 Å². The summed E-state index contributed by atoms with van der Waals surface area (Å²) in [5.74, 6) is 0. The van der Waals surface area contributed by atoms with Crippen molar-refractivity contribution in [1.82, 2.24) is 9.62 Å². The summed E-state index contributed by atoms with van der Waals surface area (Å²) in [6, 6.07) is 5.90. The van der Waals surface area contributed by atoms with Crippen molar-refractivity contribution in [2.75, 3.05) is 12.8 Å². The van der Waals surface area contributed by atoms with Crippen LogP contribution in [0.3, 0.4) is 0 Å². The second-order valence-electron chi connectivity index (χ2n) is 6.81. The largest absolute Gasteiger partial charge is 0.444 e. The van der Waals surface area contributed by atoms with E-state index in [4.69, 9.17) is 4.74 Å². The number of benzene rings is 1. The maximum absolute atomic E-state index is 11.7. The molecular formula is C16H24N2O4S. The minimum Gasteiger partial charge on any atom is -0.444 e. The Kier molecular flexibility index (Phi) is 5.01. The Labute approximate surface area is 137 Å². The number of hydrogen-bond acceptors (Lipinski definition) is 4. The SMILES string of the molecule is CC(C)(C)OC(=O)NCc1ccc2c(c1)CN(S(C)(=O)=O)CC2. The highest BCUT2D eigenvalue weighted by molar-refractivity contribution is 7.88. The van der Waals surface area contributed by atoms with Crippen LogP contribution in [0.4, 0.5) is 4.79 Å². The average molecular weight is 340 g/mol. The predicted octanol–water partition coefficient (Wildman–Crippen LogP) is 2.03. The van der Waals surface area contributed by atoms with E-state index in [-0.39, 0.29) is 0 Å². The van der Waals surface area contributed by atoms with Gasteiger partial charge in [-0.05, 0) is 43.9 Å². The number of fused-ring (bicyclic) bond motifs is 1. The van der Waals surface area contributed by atoms with E-state index in [9.17, 15) is 13.2 Å². The Morgan fingerprint density at radius 3 is 2.61 bits per heavy atom. The molecule has 1 aliphatic rings. The fourth-order valence-corrected chi connectivity index (χ4v) is 3.26. The molecule has 0 aromatic heterocycles. The fraction of sp³-hybridized carbons (Fsp3) is 0.562. The summed E-state index contributed by atoms with van der Waals surface area (Å²) in [7, 11) is -3.18. The lowest BCUT2D eigenvalue weighted by Gasteiger charge is -2.27. The molecule has 128 valence electrons. The van der Waals surface area contributed by atoms with Gasteiger partial charge in [0, 0.05) is 19.6 Å². The van der Waals surface area contributed by atoms with Crippen LogP contribution in [0.5, 0.6) is 0 Å². The molecular weight excluding hydrogens is 316 g/mol. The molecule has 0 saturated heterocycles. The van der Waals surface area contributed by atoms with Crippen molar-refractivity contribution in [3.8, 4) is 0 Å². The Hall–Kier alpha value is -1.60. The molecule has 1 N–H and O–H groups in total. The van der Waals surface area contributed by atoms with Crippen molar-refractivity contribution in [3.63, 3.8) is 0 Å². The second kappa shape index (κ2) is 6.49. The van der Waals surface area contributed by atoms with Gasteiger partial charge in [-0.15, -0.1) is 0 Å². The Balaban J connectivity index is 2.02. The number of carbonyl (C=O) groups is 1. The second-order valence-corrected chi connectivity index (χ2v) is 8.79. The standard InChI is InChI=1S/C16H24N2O4S/c1-16(2,3)22-15(19)17-10-12-5-6-13-7-8-18(23(4,20)21)11-14(13)9-12/h5-6,9H,7-8,10-11H2,1-4H3,(H,17,19). The zero-order valence-corrected chi connectivity index (χ0v) is 14.9. The van der Waals surface area contributed by atoms with Gasteiger partial charge in [0.1, 0.15) is 5.60 Å². The highest BCUT2D eigenvalue weighted by Gasteiger charge is 2.23. The molecule has 7 heteroatoms. The molecule has 1 aliphatic heterocycles. The summed E-state index contributed by atoms with van der Waals surface area (Å²) in [6.07, 6.45) is 1.47. The van der Waals surface area contributed by atoms with E-state index in [0.29, 0.717) is 26.1 Å². The maximum Gasteiger partial charge on any atom is 0.407 e. The lowest BCUT2D eigenvalue weighted by atomic mass is 9.98. The van der Waals surface area contributed by atoms with Crippen molar-refractivity contribution in [2.24, 2.45) is 0 Å². The van der Waals surface area contributed by atoms with E-state index in [1.165, 1.54) is 10.6 Å². The number of carbonyl (C=O) groups excluding carboxylic acids is 1. The number of amides is 1. The molecule has 23 heavy (non-hydrogen) atoms. The summed E-state index contributed by atoms with van der Waals surface area (Å²) in [6.45, 7) is 6.68. The highest BCUT2D eigenvalue weighted by atomic mass is 32.2. The number of nitrogens with zero attached hydrogens (tertiary/aromatic N) is 1. The van der Waals surface area contributed by atoms with Crippen molar-refractivity contribution >= 4 is 16.1 Å². The zero-order chi connectivity index (χ0) is 17.3. The lowest BCUT2D eigenvalue weighted by molar-refractivity contribution is 0.0523. The highest BCUT2D eigenvalue weighted by Crippen LogP contribution is 2.22. The third kappa shape index (κ3) is 5.21. The summed E-state index contributed by atoms with van der Waals surface area (Å²) < 4.78 is 30.0. The van der Waals surface area contributed by atoms with E-state index in [2.05, 4.69) is 5.32 Å². The van der Waals surface area contributed by atoms with Gasteiger partial charge in [-0.25, -0.2) is 13.2 Å². The number of hydrogen-bond donors (Lipinski definition) is 1. The normalized spacial score (nSPS) is 15.8. The van der Waals surface area contributed by atoms with Crippen molar-refractivity contribution in [1.29, 1.82) is 0 Å². The molecule has 1 heterocycles. The predicted molar refractivity (Wildman–Crippen MR) is 88.5 cm³/mol. The summed E-state index contributed by atoms with van der Waals surface area (Å²) in [5, 5.41) is 2.71. The number of rotatable bonds is 3. The van der Waals surface area contributed by atoms with E-state index < -0.39 is 21.7 Å². The van der Waals surface area contributed by atoms with Crippen molar-refractivity contribution in [3.05, 3.63) is 34.9 Å². The first-order valence-electron chi connectivity index (χ1n) is 7.57. The third-order valence-corrected chi connectivity index (χ3v) is 4.80. The van der Waals surface area contributed by atoms with Gasteiger partial charge in [-0.2, -0.15) is 4.31 Å². The van der Waals surface area contributed by atoms with E-state index in [0.717, 1.165) is 16.7 Å². The van der Waals surface area contributed by atoms with Gasteiger partial charge in [0.15, 0.2) is 0 Å². The topological polar surface area (TPSA) is 75.7 Å². The number of alkyl carbamates (subject to hydrolysis) is 1. The summed E-state index contributed by atoms with van der Waals surface area (Å²) in [5.41, 5.74) is 2.54. The molecule has 0 spiro atoms. The third-order valence-electron chi connectivity index (χ3n) is 3.55. The lowest BCUT2D eigenvalue weighted by Crippen LogP contribution is -2.35. The smallest absolute Gasteiger partial charge is 0.407 e. The van der Waals surface area contributed by atoms with E-state index >= 15 is 0 Å². The summed E-state index contributed by atoms with van der Waals surface area (Å²) >= 11 is 0. The van der Waals surface area contributed by atoms with Gasteiger partial charge in [0.05, 0.1) is 6.26 Å². The molecule has 0 atom stereocenters. The van der Waals surface area contributed by atoms with E-state index in [1.807, 2.05) is 39.0 Å². The van der Waals surface area contributed by atoms with Gasteiger partial charge in [-0.1, -0.05) is 18.2 Å². The molecule has 0 bridgehead atoms. The fourth-order valence-electron chi connectivity index (χ4n) is 2.47. The van der Waals surface area contributed by atoms with Crippen LogP contribution >= 0.6 is 0 Å². The monoisotopic (exact) mass is 340 g/mol. The number of nitrogens with one attached hydrogen (secondary N) is 1. The molecule has 0 aliphatic carbocycles. The molecule has 2 rings (SSSR count). The minimum absolute atomic E-state index is 0.348. The average Bonchev–Trinajstić information content (AvgIpc) is 2.41. The Morgan fingerprint density at radius 1 is 1.30 bits per heavy atom. The molecule has 1 aromatic carbocycles. The number of sulfonamides is 1. The first-order valence-corrected chi connectivity index (χ1v) is 9.42. The number of ether oxygens (including phenoxy) is 1. The Morgan fingerprint density at radius 2 is 2.00 bits per heavy atom. The van der Waals surface area contributed by atoms with Crippen LogP contribution in [0.25, 0.3) is 0 Å². The molecule has 0 fully saturated rings. The van der Waals surface area contributed by atoms with Gasteiger partial charge in [0.2, 0.25) is 10.0 Å². The van der Waals surface area contributed by atoms with Gasteiger partial charge >= 0.3 is 6.09 Å². The van der Waals surface area contributed by atoms with Crippen LogP contribution in [-0.2, 0) is 34.3 Å². The maximum atomic E-state index is 11.7. The van der Waals surface area contributed by atoms with Crippen LogP contribution in [0, 0.1) is 0 Å². The van der Waals surface area contributed by atoms with E-state index in [1.54, 1.807) is 0 Å². The van der Waals surface area contributed by atoms with Gasteiger partial charge < -0.3 is 10.1 Å². The van der Waals surface area contributed by atoms with Crippen LogP contribution < -0.4 is 5.32 Å². The minimum atomic E-state index is -3.18. The molecule has 0 radical (unpaired) electrons. The quantitative estimate of drug-likeness (QED) is 0.913. The molecule has 1 amide bonds. The first kappa shape index (κ1) is 17.7.